The van der Waals surface area contributed by atoms with Crippen molar-refractivity contribution in [3.05, 3.63) is 59.9 Å². The van der Waals surface area contributed by atoms with E-state index < -0.39 is 0 Å². The summed E-state index contributed by atoms with van der Waals surface area (Å²) in [6, 6.07) is 14.4. The molecule has 0 aliphatic carbocycles. The van der Waals surface area contributed by atoms with E-state index in [0.29, 0.717) is 0 Å². The molecule has 0 radical (unpaired) electrons. The van der Waals surface area contributed by atoms with Crippen LogP contribution in [0.1, 0.15) is 11.3 Å². The third-order valence-electron chi connectivity index (χ3n) is 2.78. The zero-order valence-corrected chi connectivity index (χ0v) is 10.7. The smallest absolute Gasteiger partial charge is 0.0416 e. The van der Waals surface area contributed by atoms with Crippen LogP contribution in [0.25, 0.3) is 0 Å². The Morgan fingerprint density at radius 2 is 2.17 bits per heavy atom. The number of pyridine rings is 1. The van der Waals surface area contributed by atoms with E-state index in [2.05, 4.69) is 39.9 Å². The van der Waals surface area contributed by atoms with Gasteiger partial charge < -0.3 is 10.6 Å². The van der Waals surface area contributed by atoms with Crippen LogP contribution in [0.15, 0.2) is 48.7 Å². The Kier molecular flexibility index (Phi) is 4.73. The molecule has 0 spiro atoms. The van der Waals surface area contributed by atoms with Crippen LogP contribution in [-0.4, -0.2) is 18.6 Å². The summed E-state index contributed by atoms with van der Waals surface area (Å²) < 4.78 is 0. The van der Waals surface area contributed by atoms with Crippen molar-refractivity contribution in [3.8, 4) is 0 Å². The molecule has 2 heterocycles. The second-order valence-electron chi connectivity index (χ2n) is 4.23. The molecule has 18 heavy (non-hydrogen) atoms. The maximum absolute atomic E-state index is 4.18. The fraction of sp³-hybridized carbons (Fsp3) is 0.267. The molecular formula is C15H19N3. The van der Waals surface area contributed by atoms with Gasteiger partial charge in [0.05, 0.1) is 0 Å². The molecule has 1 aliphatic rings. The van der Waals surface area contributed by atoms with Gasteiger partial charge in [-0.2, -0.15) is 0 Å². The molecule has 3 rings (SSSR count). The topological polar surface area (TPSA) is 37.0 Å². The maximum Gasteiger partial charge on any atom is 0.0416 e. The summed E-state index contributed by atoms with van der Waals surface area (Å²) in [4.78, 5) is 4.18. The summed E-state index contributed by atoms with van der Waals surface area (Å²) in [6.45, 7) is 2.01. The van der Waals surface area contributed by atoms with Gasteiger partial charge in [-0.05, 0) is 36.9 Å². The van der Waals surface area contributed by atoms with E-state index >= 15 is 0 Å². The lowest BCUT2D eigenvalue weighted by Crippen LogP contribution is -2.10. The van der Waals surface area contributed by atoms with Crippen molar-refractivity contribution in [3.63, 3.8) is 0 Å². The molecule has 0 atom stereocenters. The van der Waals surface area contributed by atoms with E-state index in [-0.39, 0.29) is 0 Å². The van der Waals surface area contributed by atoms with Crippen LogP contribution < -0.4 is 10.6 Å². The van der Waals surface area contributed by atoms with Gasteiger partial charge in [0, 0.05) is 37.1 Å². The van der Waals surface area contributed by atoms with Gasteiger partial charge in [0.1, 0.15) is 0 Å². The lowest BCUT2D eigenvalue weighted by Gasteiger charge is -1.96. The van der Waals surface area contributed by atoms with Crippen molar-refractivity contribution in [1.29, 1.82) is 0 Å². The number of nitrogens with zero attached hydrogens (tertiary/aromatic N) is 1. The normalized spacial score (nSPS) is 11.4. The van der Waals surface area contributed by atoms with Crippen LogP contribution in [0.3, 0.4) is 0 Å². The van der Waals surface area contributed by atoms with Crippen molar-refractivity contribution < 1.29 is 0 Å². The van der Waals surface area contributed by atoms with Crippen molar-refractivity contribution in [1.82, 2.24) is 10.3 Å². The molecule has 2 bridgehead atoms. The lowest BCUT2D eigenvalue weighted by molar-refractivity contribution is 0.776. The molecule has 0 saturated carbocycles. The largest absolute Gasteiger partial charge is 0.381 e. The standard InChI is InChI=1S/C8H12N2.C7H7N/c1-9-7-5-8-4-2-3-6-10-8;1-2-6-4-7(3-1)8-5-6/h2-4,6,9H,5,7H2,1H3;1-4,8H,5H2. The van der Waals surface area contributed by atoms with Gasteiger partial charge in [-0.15, -0.1) is 0 Å². The zero-order valence-electron chi connectivity index (χ0n) is 10.7. The maximum atomic E-state index is 4.18. The van der Waals surface area contributed by atoms with Crippen molar-refractivity contribution in [2.75, 3.05) is 18.9 Å². The third-order valence-corrected chi connectivity index (χ3v) is 2.78. The molecule has 1 aromatic heterocycles. The molecule has 2 N–H and O–H groups in total. The average Bonchev–Trinajstić information content (AvgIpc) is 2.77. The number of nitrogens with one attached hydrogen (secondary N) is 2. The van der Waals surface area contributed by atoms with E-state index in [1.165, 1.54) is 11.3 Å². The van der Waals surface area contributed by atoms with E-state index in [1.807, 2.05) is 31.4 Å². The quantitative estimate of drug-likeness (QED) is 0.866. The van der Waals surface area contributed by atoms with Crippen molar-refractivity contribution >= 4 is 5.69 Å². The fourth-order valence-corrected chi connectivity index (χ4v) is 1.79. The highest BCUT2D eigenvalue weighted by atomic mass is 14.9. The highest BCUT2D eigenvalue weighted by Crippen LogP contribution is 2.17. The number of aromatic nitrogens is 1. The highest BCUT2D eigenvalue weighted by Gasteiger charge is 2.00. The van der Waals surface area contributed by atoms with E-state index in [1.54, 1.807) is 0 Å². The molecule has 0 unspecified atom stereocenters. The molecule has 3 nitrogen and oxygen atoms in total. The Hall–Kier alpha value is -1.87. The third kappa shape index (κ3) is 3.86. The van der Waals surface area contributed by atoms with E-state index in [4.69, 9.17) is 0 Å². The molecule has 94 valence electrons. The first-order valence-electron chi connectivity index (χ1n) is 6.26. The average molecular weight is 241 g/mol. The summed E-state index contributed by atoms with van der Waals surface area (Å²) in [5.41, 5.74) is 3.79. The van der Waals surface area contributed by atoms with Gasteiger partial charge in [-0.3, -0.25) is 4.98 Å². The first-order chi connectivity index (χ1) is 8.88. The van der Waals surface area contributed by atoms with Crippen LogP contribution in [0.4, 0.5) is 5.69 Å². The summed E-state index contributed by atoms with van der Waals surface area (Å²) >= 11 is 0. The number of fused-ring (bicyclic) bond motifs is 2. The van der Waals surface area contributed by atoms with Crippen molar-refractivity contribution in [2.45, 2.75) is 13.0 Å². The number of anilines is 1. The van der Waals surface area contributed by atoms with Crippen LogP contribution in [0.5, 0.6) is 0 Å². The number of hydrogen-bond donors (Lipinski definition) is 2. The Morgan fingerprint density at radius 1 is 1.22 bits per heavy atom. The minimum absolute atomic E-state index is 0.997. The molecule has 1 aliphatic heterocycles. The van der Waals surface area contributed by atoms with Gasteiger partial charge in [-0.25, -0.2) is 0 Å². The molecule has 0 amide bonds. The Labute approximate surface area is 108 Å². The van der Waals surface area contributed by atoms with Gasteiger partial charge in [0.15, 0.2) is 0 Å². The Balaban J connectivity index is 0.000000136. The predicted octanol–water partition coefficient (Wildman–Crippen LogP) is 2.46. The second kappa shape index (κ2) is 6.77. The van der Waals surface area contributed by atoms with Crippen LogP contribution >= 0.6 is 0 Å². The Bertz CT molecular complexity index is 449. The summed E-state index contributed by atoms with van der Waals surface area (Å²) in [6.07, 6.45) is 2.84. The fourth-order valence-electron chi connectivity index (χ4n) is 1.79. The number of hydrogen-bond acceptors (Lipinski definition) is 3. The summed E-state index contributed by atoms with van der Waals surface area (Å²) in [7, 11) is 1.95. The van der Waals surface area contributed by atoms with Crippen LogP contribution in [-0.2, 0) is 13.0 Å². The lowest BCUT2D eigenvalue weighted by atomic mass is 10.2. The SMILES string of the molecule is CNCCc1ccccn1.c1cc2cc(c1)NC2. The molecule has 2 aromatic rings. The number of benzene rings is 1. The first kappa shape index (κ1) is 12.6. The predicted molar refractivity (Wildman–Crippen MR) is 75.6 cm³/mol. The monoisotopic (exact) mass is 241 g/mol. The van der Waals surface area contributed by atoms with Gasteiger partial charge in [0.25, 0.3) is 0 Å². The highest BCUT2D eigenvalue weighted by molar-refractivity contribution is 5.51. The Morgan fingerprint density at radius 3 is 2.83 bits per heavy atom. The molecule has 3 heteroatoms. The molecular weight excluding hydrogens is 222 g/mol. The van der Waals surface area contributed by atoms with Gasteiger partial charge in [-0.1, -0.05) is 18.2 Å². The molecule has 0 saturated heterocycles. The van der Waals surface area contributed by atoms with E-state index in [9.17, 15) is 0 Å². The van der Waals surface area contributed by atoms with E-state index in [0.717, 1.165) is 25.2 Å². The molecule has 1 aromatic carbocycles. The molecule has 0 fully saturated rings. The van der Waals surface area contributed by atoms with Gasteiger partial charge >= 0.3 is 0 Å². The second-order valence-corrected chi connectivity index (χ2v) is 4.23. The number of rotatable bonds is 3. The van der Waals surface area contributed by atoms with Crippen molar-refractivity contribution in [2.24, 2.45) is 0 Å². The first-order valence-corrected chi connectivity index (χ1v) is 6.26. The van der Waals surface area contributed by atoms with Gasteiger partial charge in [0.2, 0.25) is 0 Å². The summed E-state index contributed by atoms with van der Waals surface area (Å²) in [5.74, 6) is 0. The summed E-state index contributed by atoms with van der Waals surface area (Å²) in [5, 5.41) is 6.30. The van der Waals surface area contributed by atoms with Crippen LogP contribution in [0, 0.1) is 0 Å². The minimum Gasteiger partial charge on any atom is -0.381 e. The minimum atomic E-state index is 0.997. The zero-order chi connectivity index (χ0) is 12.6. The van der Waals surface area contributed by atoms with Crippen LogP contribution in [0.2, 0.25) is 0 Å². The number of likely N-dealkylation sites (N-methyl/N-ethyl adjacent to an activating group) is 1.